The summed E-state index contributed by atoms with van der Waals surface area (Å²) in [5.41, 5.74) is 2.45. The second-order valence-corrected chi connectivity index (χ2v) is 7.65. The summed E-state index contributed by atoms with van der Waals surface area (Å²) >= 11 is 0. The van der Waals surface area contributed by atoms with Crippen LogP contribution in [0, 0.1) is 6.92 Å². The lowest BCUT2D eigenvalue weighted by molar-refractivity contribution is 0.0932. The average molecular weight is 389 g/mol. The number of hydrogen-bond donors (Lipinski definition) is 0. The predicted molar refractivity (Wildman–Crippen MR) is 114 cm³/mol. The van der Waals surface area contributed by atoms with Gasteiger partial charge in [0.05, 0.1) is 6.26 Å². The summed E-state index contributed by atoms with van der Waals surface area (Å²) in [4.78, 5) is 22.0. The molecule has 1 saturated heterocycles. The zero-order chi connectivity index (χ0) is 20.1. The van der Waals surface area contributed by atoms with Crippen molar-refractivity contribution in [3.8, 4) is 0 Å². The summed E-state index contributed by atoms with van der Waals surface area (Å²) < 4.78 is 5.39. The van der Waals surface area contributed by atoms with Gasteiger partial charge in [-0.3, -0.25) is 9.69 Å². The maximum Gasteiger partial charge on any atom is 0.295 e. The van der Waals surface area contributed by atoms with Crippen molar-refractivity contribution in [3.63, 3.8) is 0 Å². The summed E-state index contributed by atoms with van der Waals surface area (Å²) in [6, 6.07) is 18.1. The molecule has 150 valence electrons. The van der Waals surface area contributed by atoms with Gasteiger partial charge in [0.25, 0.3) is 5.91 Å². The molecule has 1 aliphatic heterocycles. The Morgan fingerprint density at radius 1 is 1.10 bits per heavy atom. The summed E-state index contributed by atoms with van der Waals surface area (Å²) in [5.74, 6) is 0.938. The van der Waals surface area contributed by atoms with Crippen molar-refractivity contribution < 1.29 is 9.21 Å². The molecule has 5 nitrogen and oxygen atoms in total. The highest BCUT2D eigenvalue weighted by atomic mass is 16.3. The number of rotatable bonds is 6. The monoisotopic (exact) mass is 389 g/mol. The first-order valence-corrected chi connectivity index (χ1v) is 10.3. The molecule has 0 atom stereocenters. The van der Waals surface area contributed by atoms with E-state index in [9.17, 15) is 4.79 Å². The topological polar surface area (TPSA) is 49.6 Å². The molecule has 29 heavy (non-hydrogen) atoms. The highest BCUT2D eigenvalue weighted by Crippen LogP contribution is 2.25. The lowest BCUT2D eigenvalue weighted by Gasteiger charge is -2.37. The Balaban J connectivity index is 1.43. The molecule has 1 aromatic carbocycles. The van der Waals surface area contributed by atoms with E-state index in [1.54, 1.807) is 18.4 Å². The van der Waals surface area contributed by atoms with Crippen molar-refractivity contribution in [1.82, 2.24) is 9.88 Å². The number of hydrogen-bond acceptors (Lipinski definition) is 4. The summed E-state index contributed by atoms with van der Waals surface area (Å²) in [6.07, 6.45) is 6.26. The molecular weight excluding hydrogens is 362 g/mol. The number of carbonyl (C=O) groups excluding carboxylic acids is 1. The van der Waals surface area contributed by atoms with E-state index in [-0.39, 0.29) is 11.9 Å². The molecule has 0 aliphatic carbocycles. The van der Waals surface area contributed by atoms with Gasteiger partial charge >= 0.3 is 0 Å². The van der Waals surface area contributed by atoms with Crippen molar-refractivity contribution in [1.29, 1.82) is 0 Å². The third-order valence-corrected chi connectivity index (χ3v) is 5.58. The molecule has 4 rings (SSSR count). The fourth-order valence-corrected chi connectivity index (χ4v) is 3.91. The molecule has 0 spiro atoms. The van der Waals surface area contributed by atoms with Gasteiger partial charge in [0.15, 0.2) is 5.76 Å². The van der Waals surface area contributed by atoms with Crippen LogP contribution in [0.15, 0.2) is 71.5 Å². The van der Waals surface area contributed by atoms with E-state index in [2.05, 4.69) is 40.2 Å². The minimum atomic E-state index is -0.117. The van der Waals surface area contributed by atoms with Crippen LogP contribution < -0.4 is 4.90 Å². The molecule has 2 aromatic heterocycles. The number of furan rings is 1. The highest BCUT2D eigenvalue weighted by Gasteiger charge is 2.31. The SMILES string of the molecule is Cc1ccc(N(C(=O)c2ccco2)C2CCN(CCc3ccccc3)CC2)nc1. The number of aromatic nitrogens is 1. The van der Waals surface area contributed by atoms with Crippen molar-refractivity contribution in [2.75, 3.05) is 24.5 Å². The fourth-order valence-electron chi connectivity index (χ4n) is 3.91. The zero-order valence-corrected chi connectivity index (χ0v) is 16.8. The van der Waals surface area contributed by atoms with Gasteiger partial charge in [-0.2, -0.15) is 0 Å². The fraction of sp³-hybridized carbons (Fsp3) is 0.333. The molecule has 3 heterocycles. The number of benzene rings is 1. The van der Waals surface area contributed by atoms with Crippen molar-refractivity contribution in [3.05, 3.63) is 83.9 Å². The Kier molecular flexibility index (Phi) is 6.06. The van der Waals surface area contributed by atoms with Gasteiger partial charge in [-0.25, -0.2) is 4.98 Å². The van der Waals surface area contributed by atoms with E-state index in [1.165, 1.54) is 5.56 Å². The maximum absolute atomic E-state index is 13.2. The van der Waals surface area contributed by atoms with Gasteiger partial charge in [0, 0.05) is 31.9 Å². The summed E-state index contributed by atoms with van der Waals surface area (Å²) in [7, 11) is 0. The van der Waals surface area contributed by atoms with Crippen molar-refractivity contribution in [2.45, 2.75) is 32.2 Å². The number of aryl methyl sites for hydroxylation is 1. The largest absolute Gasteiger partial charge is 0.459 e. The zero-order valence-electron chi connectivity index (χ0n) is 16.8. The summed E-state index contributed by atoms with van der Waals surface area (Å²) in [6.45, 7) is 5.00. The minimum Gasteiger partial charge on any atom is -0.459 e. The second-order valence-electron chi connectivity index (χ2n) is 7.65. The number of pyridine rings is 1. The minimum absolute atomic E-state index is 0.117. The van der Waals surface area contributed by atoms with Crippen molar-refractivity contribution >= 4 is 11.7 Å². The van der Waals surface area contributed by atoms with Crippen LogP contribution in [0.1, 0.15) is 34.5 Å². The first-order chi connectivity index (χ1) is 14.2. The van der Waals surface area contributed by atoms with Crippen molar-refractivity contribution in [2.24, 2.45) is 0 Å². The molecule has 0 N–H and O–H groups in total. The molecule has 1 aliphatic rings. The Morgan fingerprint density at radius 2 is 1.90 bits per heavy atom. The smallest absolute Gasteiger partial charge is 0.295 e. The molecule has 0 radical (unpaired) electrons. The Morgan fingerprint density at radius 3 is 2.55 bits per heavy atom. The number of piperidine rings is 1. The van der Waals surface area contributed by atoms with Gasteiger partial charge < -0.3 is 9.32 Å². The molecule has 0 bridgehead atoms. The van der Waals surface area contributed by atoms with Gasteiger partial charge in [-0.15, -0.1) is 0 Å². The van der Waals surface area contributed by atoms with E-state index in [0.717, 1.165) is 44.5 Å². The van der Waals surface area contributed by atoms with E-state index in [0.29, 0.717) is 11.6 Å². The number of amides is 1. The van der Waals surface area contributed by atoms with Crippen LogP contribution in [0.4, 0.5) is 5.82 Å². The number of carbonyl (C=O) groups is 1. The normalized spacial score (nSPS) is 15.3. The first kappa shape index (κ1) is 19.4. The summed E-state index contributed by atoms with van der Waals surface area (Å²) in [5, 5.41) is 0. The molecule has 0 unspecified atom stereocenters. The molecule has 0 saturated carbocycles. The Bertz CT molecular complexity index is 899. The van der Waals surface area contributed by atoms with Crippen LogP contribution in [0.5, 0.6) is 0 Å². The number of anilines is 1. The standard InChI is InChI=1S/C24H27N3O2/c1-19-9-10-23(25-18-19)27(24(28)22-8-5-17-29-22)21-12-15-26(16-13-21)14-11-20-6-3-2-4-7-20/h2-10,17-18,21H,11-16H2,1H3. The lowest BCUT2D eigenvalue weighted by atomic mass is 10.0. The van der Waals surface area contributed by atoms with Crippen LogP contribution in [-0.2, 0) is 6.42 Å². The molecule has 5 heteroatoms. The quantitative estimate of drug-likeness (QED) is 0.629. The molecule has 1 amide bonds. The maximum atomic E-state index is 13.2. The van der Waals surface area contributed by atoms with Crippen LogP contribution in [0.25, 0.3) is 0 Å². The van der Waals surface area contributed by atoms with E-state index in [1.807, 2.05) is 30.2 Å². The molecule has 1 fully saturated rings. The highest BCUT2D eigenvalue weighted by molar-refractivity contribution is 6.04. The van der Waals surface area contributed by atoms with Crippen LogP contribution in [-0.4, -0.2) is 41.5 Å². The Labute approximate surface area is 172 Å². The van der Waals surface area contributed by atoms with Crippen LogP contribution in [0.3, 0.4) is 0 Å². The van der Waals surface area contributed by atoms with E-state index in [4.69, 9.17) is 4.42 Å². The van der Waals surface area contributed by atoms with Gasteiger partial charge in [-0.05, 0) is 55.5 Å². The predicted octanol–water partition coefficient (Wildman–Crippen LogP) is 4.34. The molecule has 3 aromatic rings. The van der Waals surface area contributed by atoms with Crippen LogP contribution in [0.2, 0.25) is 0 Å². The van der Waals surface area contributed by atoms with Gasteiger partial charge in [0.1, 0.15) is 5.82 Å². The average Bonchev–Trinajstić information content (AvgIpc) is 3.30. The third kappa shape index (κ3) is 4.74. The first-order valence-electron chi connectivity index (χ1n) is 10.3. The Hall–Kier alpha value is -2.92. The second kappa shape index (κ2) is 9.05. The van der Waals surface area contributed by atoms with Gasteiger partial charge in [0.2, 0.25) is 0 Å². The third-order valence-electron chi connectivity index (χ3n) is 5.58. The lowest BCUT2D eigenvalue weighted by Crippen LogP contribution is -2.48. The number of nitrogens with zero attached hydrogens (tertiary/aromatic N) is 3. The number of likely N-dealkylation sites (tertiary alicyclic amines) is 1. The van der Waals surface area contributed by atoms with E-state index < -0.39 is 0 Å². The van der Waals surface area contributed by atoms with E-state index >= 15 is 0 Å². The molecular formula is C24H27N3O2. The van der Waals surface area contributed by atoms with Gasteiger partial charge in [-0.1, -0.05) is 36.4 Å². The van der Waals surface area contributed by atoms with Crippen LogP contribution >= 0.6 is 0 Å².